The first kappa shape index (κ1) is 17.4. The highest BCUT2D eigenvalue weighted by Crippen LogP contribution is 2.19. The number of nitrogens with one attached hydrogen (secondary N) is 1. The first-order valence-electron chi connectivity index (χ1n) is 8.25. The van der Waals surface area contributed by atoms with Gasteiger partial charge in [-0.3, -0.25) is 4.79 Å². The monoisotopic (exact) mass is 347 g/mol. The Kier molecular flexibility index (Phi) is 5.15. The topological polar surface area (TPSA) is 120 Å². The standard InChI is InChI=1S/C20H21N5O/c21-18(11-13-5-8-16(9-6-13)25-20(22)23)19(26)24-17-10-7-14-3-1-2-4-15(14)12-17/h1-10,12,18H,11,21H2,(H,24,26)(H4,22,23,25). The van der Waals surface area contributed by atoms with E-state index in [4.69, 9.17) is 17.2 Å². The maximum absolute atomic E-state index is 12.4. The van der Waals surface area contributed by atoms with Crippen molar-refractivity contribution in [3.63, 3.8) is 0 Å². The number of nitrogens with zero attached hydrogens (tertiary/aromatic N) is 1. The number of hydrogen-bond donors (Lipinski definition) is 4. The van der Waals surface area contributed by atoms with Crippen molar-refractivity contribution in [3.05, 3.63) is 72.3 Å². The Balaban J connectivity index is 1.64. The van der Waals surface area contributed by atoms with Crippen molar-refractivity contribution < 1.29 is 4.79 Å². The molecule has 0 saturated heterocycles. The van der Waals surface area contributed by atoms with Gasteiger partial charge in [0.15, 0.2) is 5.96 Å². The Labute approximate surface area is 151 Å². The molecule has 0 aliphatic rings. The fourth-order valence-electron chi connectivity index (χ4n) is 2.70. The minimum atomic E-state index is -0.657. The van der Waals surface area contributed by atoms with Gasteiger partial charge in [-0.1, -0.05) is 42.5 Å². The number of hydrogen-bond acceptors (Lipinski definition) is 3. The predicted molar refractivity (Wildman–Crippen MR) is 106 cm³/mol. The summed E-state index contributed by atoms with van der Waals surface area (Å²) in [6.45, 7) is 0. The number of carbonyl (C=O) groups is 1. The first-order valence-corrected chi connectivity index (χ1v) is 8.25. The molecule has 3 aromatic carbocycles. The summed E-state index contributed by atoms with van der Waals surface area (Å²) in [6.07, 6.45) is 0.418. The van der Waals surface area contributed by atoms with Crippen molar-refractivity contribution in [1.82, 2.24) is 0 Å². The number of carbonyl (C=O) groups excluding carboxylic acids is 1. The van der Waals surface area contributed by atoms with Gasteiger partial charge < -0.3 is 22.5 Å². The number of aliphatic imine (C=N–C) groups is 1. The van der Waals surface area contributed by atoms with Crippen molar-refractivity contribution in [2.45, 2.75) is 12.5 Å². The molecule has 7 N–H and O–H groups in total. The van der Waals surface area contributed by atoms with Crippen LogP contribution in [0.25, 0.3) is 10.8 Å². The summed E-state index contributed by atoms with van der Waals surface area (Å²) >= 11 is 0. The summed E-state index contributed by atoms with van der Waals surface area (Å²) in [7, 11) is 0. The van der Waals surface area contributed by atoms with Gasteiger partial charge in [0.1, 0.15) is 0 Å². The van der Waals surface area contributed by atoms with Crippen LogP contribution in [0, 0.1) is 0 Å². The number of guanidine groups is 1. The number of nitrogens with two attached hydrogens (primary N) is 3. The molecule has 0 heterocycles. The fourth-order valence-corrected chi connectivity index (χ4v) is 2.70. The van der Waals surface area contributed by atoms with Crippen molar-refractivity contribution in [2.75, 3.05) is 5.32 Å². The zero-order valence-corrected chi connectivity index (χ0v) is 14.2. The van der Waals surface area contributed by atoms with Gasteiger partial charge in [-0.2, -0.15) is 0 Å². The lowest BCUT2D eigenvalue weighted by molar-refractivity contribution is -0.117. The fraction of sp³-hybridized carbons (Fsp3) is 0.100. The minimum Gasteiger partial charge on any atom is -0.370 e. The molecule has 0 saturated carbocycles. The van der Waals surface area contributed by atoms with E-state index in [0.29, 0.717) is 12.1 Å². The van der Waals surface area contributed by atoms with E-state index >= 15 is 0 Å². The molecule has 6 nitrogen and oxygen atoms in total. The van der Waals surface area contributed by atoms with Gasteiger partial charge in [-0.05, 0) is 47.0 Å². The Morgan fingerprint density at radius 3 is 2.35 bits per heavy atom. The number of amides is 1. The third kappa shape index (κ3) is 4.37. The van der Waals surface area contributed by atoms with E-state index in [2.05, 4.69) is 10.3 Å². The van der Waals surface area contributed by atoms with Crippen LogP contribution in [0.2, 0.25) is 0 Å². The van der Waals surface area contributed by atoms with Crippen LogP contribution < -0.4 is 22.5 Å². The first-order chi connectivity index (χ1) is 12.5. The van der Waals surface area contributed by atoms with Crippen LogP contribution in [0.1, 0.15) is 5.56 Å². The summed E-state index contributed by atoms with van der Waals surface area (Å²) in [6, 6.07) is 20.4. The molecule has 1 atom stereocenters. The average Bonchev–Trinajstić information content (AvgIpc) is 2.62. The summed E-state index contributed by atoms with van der Waals surface area (Å²) in [5.74, 6) is -0.224. The molecule has 1 unspecified atom stereocenters. The van der Waals surface area contributed by atoms with Crippen molar-refractivity contribution in [1.29, 1.82) is 0 Å². The lowest BCUT2D eigenvalue weighted by atomic mass is 10.1. The minimum absolute atomic E-state index is 0.00390. The molecule has 0 bridgehead atoms. The Morgan fingerprint density at radius 1 is 0.962 bits per heavy atom. The molecule has 3 rings (SSSR count). The van der Waals surface area contributed by atoms with Crippen LogP contribution in [0.4, 0.5) is 11.4 Å². The van der Waals surface area contributed by atoms with Crippen LogP contribution >= 0.6 is 0 Å². The smallest absolute Gasteiger partial charge is 0.241 e. The van der Waals surface area contributed by atoms with E-state index < -0.39 is 6.04 Å². The Morgan fingerprint density at radius 2 is 1.65 bits per heavy atom. The molecule has 0 aliphatic heterocycles. The molecule has 26 heavy (non-hydrogen) atoms. The molecule has 0 fully saturated rings. The molecular weight excluding hydrogens is 326 g/mol. The molecule has 132 valence electrons. The van der Waals surface area contributed by atoms with E-state index in [-0.39, 0.29) is 11.9 Å². The van der Waals surface area contributed by atoms with E-state index in [1.807, 2.05) is 54.6 Å². The highest BCUT2D eigenvalue weighted by Gasteiger charge is 2.14. The second kappa shape index (κ2) is 7.67. The van der Waals surface area contributed by atoms with E-state index in [0.717, 1.165) is 22.0 Å². The van der Waals surface area contributed by atoms with Gasteiger partial charge in [0.2, 0.25) is 5.91 Å². The molecule has 1 amide bonds. The van der Waals surface area contributed by atoms with Gasteiger partial charge in [0.25, 0.3) is 0 Å². The molecular formula is C20H21N5O. The SMILES string of the molecule is NC(N)=Nc1ccc(CC(N)C(=O)Nc2ccc3ccccc3c2)cc1. The highest BCUT2D eigenvalue weighted by molar-refractivity contribution is 5.97. The van der Waals surface area contributed by atoms with Gasteiger partial charge >= 0.3 is 0 Å². The van der Waals surface area contributed by atoms with Crippen LogP contribution in [-0.2, 0) is 11.2 Å². The molecule has 6 heteroatoms. The second-order valence-corrected chi connectivity index (χ2v) is 6.06. The average molecular weight is 347 g/mol. The van der Waals surface area contributed by atoms with Gasteiger partial charge in [-0.15, -0.1) is 0 Å². The molecule has 3 aromatic rings. The molecule has 0 spiro atoms. The Bertz CT molecular complexity index is 946. The summed E-state index contributed by atoms with van der Waals surface area (Å²) < 4.78 is 0. The van der Waals surface area contributed by atoms with E-state index in [9.17, 15) is 4.79 Å². The summed E-state index contributed by atoms with van der Waals surface area (Å²) in [4.78, 5) is 16.3. The lowest BCUT2D eigenvalue weighted by Gasteiger charge is -2.13. The van der Waals surface area contributed by atoms with E-state index in [1.165, 1.54) is 0 Å². The van der Waals surface area contributed by atoms with Crippen molar-refractivity contribution >= 4 is 34.0 Å². The van der Waals surface area contributed by atoms with Crippen LogP contribution in [0.5, 0.6) is 0 Å². The highest BCUT2D eigenvalue weighted by atomic mass is 16.2. The van der Waals surface area contributed by atoms with Crippen molar-refractivity contribution in [2.24, 2.45) is 22.2 Å². The zero-order chi connectivity index (χ0) is 18.5. The van der Waals surface area contributed by atoms with E-state index in [1.54, 1.807) is 12.1 Å². The number of rotatable bonds is 5. The predicted octanol–water partition coefficient (Wildman–Crippen LogP) is 2.25. The quantitative estimate of drug-likeness (QED) is 0.418. The van der Waals surface area contributed by atoms with Gasteiger partial charge in [0.05, 0.1) is 11.7 Å². The van der Waals surface area contributed by atoms with Crippen LogP contribution in [0.3, 0.4) is 0 Å². The maximum atomic E-state index is 12.4. The maximum Gasteiger partial charge on any atom is 0.241 e. The third-order valence-corrected chi connectivity index (χ3v) is 4.00. The van der Waals surface area contributed by atoms with Gasteiger partial charge in [0, 0.05) is 5.69 Å². The largest absolute Gasteiger partial charge is 0.370 e. The summed E-state index contributed by atoms with van der Waals surface area (Å²) in [5.41, 5.74) is 19.1. The zero-order valence-electron chi connectivity index (χ0n) is 14.2. The normalized spacial score (nSPS) is 11.7. The lowest BCUT2D eigenvalue weighted by Crippen LogP contribution is -2.37. The summed E-state index contributed by atoms with van der Waals surface area (Å²) in [5, 5.41) is 5.06. The number of fused-ring (bicyclic) bond motifs is 1. The number of benzene rings is 3. The van der Waals surface area contributed by atoms with Crippen LogP contribution in [-0.4, -0.2) is 17.9 Å². The molecule has 0 radical (unpaired) electrons. The third-order valence-electron chi connectivity index (χ3n) is 4.00. The molecule has 0 aliphatic carbocycles. The number of anilines is 1. The molecule has 0 aromatic heterocycles. The second-order valence-electron chi connectivity index (χ2n) is 6.06. The van der Waals surface area contributed by atoms with Gasteiger partial charge in [-0.25, -0.2) is 4.99 Å². The Hall–Kier alpha value is -3.38. The van der Waals surface area contributed by atoms with Crippen LogP contribution in [0.15, 0.2) is 71.7 Å². The van der Waals surface area contributed by atoms with Crippen molar-refractivity contribution in [3.8, 4) is 0 Å².